The van der Waals surface area contributed by atoms with Gasteiger partial charge in [-0.25, -0.2) is 4.98 Å². The maximum absolute atomic E-state index is 12.2. The number of hydrogen-bond acceptors (Lipinski definition) is 5. The number of carbonyl (C=O) groups is 1. The largest absolute Gasteiger partial charge is 0.481 e. The van der Waals surface area contributed by atoms with Crippen LogP contribution in [0.1, 0.15) is 10.4 Å². The third-order valence-electron chi connectivity index (χ3n) is 2.59. The molecule has 1 amide bonds. The second-order valence-corrected chi connectivity index (χ2v) is 4.31. The van der Waals surface area contributed by atoms with Crippen LogP contribution in [0.3, 0.4) is 0 Å². The zero-order valence-corrected chi connectivity index (χ0v) is 11.4. The van der Waals surface area contributed by atoms with E-state index in [2.05, 4.69) is 15.7 Å². The topological polar surface area (TPSA) is 89.3 Å². The van der Waals surface area contributed by atoms with E-state index in [1.807, 2.05) is 0 Å². The monoisotopic (exact) mass is 292 g/mol. The highest BCUT2D eigenvalue weighted by Crippen LogP contribution is 2.21. The summed E-state index contributed by atoms with van der Waals surface area (Å²) in [5.74, 6) is 5.50. The molecule has 0 saturated carbocycles. The Balaban J connectivity index is 2.20. The van der Waals surface area contributed by atoms with Gasteiger partial charge >= 0.3 is 0 Å². The number of nitrogens with one attached hydrogen (secondary N) is 2. The third-order valence-corrected chi connectivity index (χ3v) is 2.82. The minimum absolute atomic E-state index is 0.340. The Kier molecular flexibility index (Phi) is 4.39. The number of hydrogen-bond donors (Lipinski definition) is 3. The van der Waals surface area contributed by atoms with Crippen LogP contribution in [-0.4, -0.2) is 18.0 Å². The van der Waals surface area contributed by atoms with Gasteiger partial charge in [-0.3, -0.25) is 10.6 Å². The highest BCUT2D eigenvalue weighted by Gasteiger charge is 2.12. The average Bonchev–Trinajstić information content (AvgIpc) is 2.48. The van der Waals surface area contributed by atoms with E-state index in [9.17, 15) is 4.79 Å². The van der Waals surface area contributed by atoms with Gasteiger partial charge in [0.2, 0.25) is 5.88 Å². The van der Waals surface area contributed by atoms with Gasteiger partial charge in [0, 0.05) is 11.1 Å². The van der Waals surface area contributed by atoms with Crippen LogP contribution in [0, 0.1) is 0 Å². The molecular formula is C13H13ClN4O2. The quantitative estimate of drug-likeness (QED) is 0.594. The molecule has 2 rings (SSSR count). The molecule has 6 nitrogen and oxygen atoms in total. The summed E-state index contributed by atoms with van der Waals surface area (Å²) in [6.45, 7) is 0. The number of nitrogen functional groups attached to an aromatic ring is 1. The molecule has 0 aliphatic heterocycles. The summed E-state index contributed by atoms with van der Waals surface area (Å²) in [4.78, 5) is 16.2. The molecule has 7 heteroatoms. The standard InChI is InChI=1S/C13H13ClN4O2/c1-20-12-5-3-9(7-16-12)17-13(19)10-6-8(14)2-4-11(10)18-15/h2-7,18H,15H2,1H3,(H,17,19). The van der Waals surface area contributed by atoms with E-state index in [0.29, 0.717) is 27.8 Å². The van der Waals surface area contributed by atoms with Crippen molar-refractivity contribution in [3.8, 4) is 5.88 Å². The van der Waals surface area contributed by atoms with Crippen molar-refractivity contribution in [3.63, 3.8) is 0 Å². The van der Waals surface area contributed by atoms with Crippen molar-refractivity contribution in [3.05, 3.63) is 47.1 Å². The van der Waals surface area contributed by atoms with Gasteiger partial charge in [0.05, 0.1) is 30.2 Å². The van der Waals surface area contributed by atoms with E-state index >= 15 is 0 Å². The van der Waals surface area contributed by atoms with Gasteiger partial charge in [0.15, 0.2) is 0 Å². The summed E-state index contributed by atoms with van der Waals surface area (Å²) in [7, 11) is 1.52. The minimum Gasteiger partial charge on any atom is -0.481 e. The summed E-state index contributed by atoms with van der Waals surface area (Å²) < 4.78 is 4.94. The van der Waals surface area contributed by atoms with Gasteiger partial charge in [0.1, 0.15) is 0 Å². The van der Waals surface area contributed by atoms with Crippen LogP contribution >= 0.6 is 11.6 Å². The number of nitrogens with two attached hydrogens (primary N) is 1. The number of anilines is 2. The highest BCUT2D eigenvalue weighted by atomic mass is 35.5. The summed E-state index contributed by atoms with van der Waals surface area (Å²) in [5.41, 5.74) is 3.82. The number of ether oxygens (including phenoxy) is 1. The molecule has 0 aliphatic rings. The van der Waals surface area contributed by atoms with Crippen molar-refractivity contribution in [1.82, 2.24) is 4.98 Å². The zero-order chi connectivity index (χ0) is 14.5. The van der Waals surface area contributed by atoms with Gasteiger partial charge in [-0.15, -0.1) is 0 Å². The molecule has 20 heavy (non-hydrogen) atoms. The first-order chi connectivity index (χ1) is 9.63. The van der Waals surface area contributed by atoms with E-state index in [-0.39, 0.29) is 5.91 Å². The Hall–Kier alpha value is -2.31. The smallest absolute Gasteiger partial charge is 0.257 e. The van der Waals surface area contributed by atoms with Gasteiger partial charge in [-0.2, -0.15) is 0 Å². The maximum atomic E-state index is 12.2. The maximum Gasteiger partial charge on any atom is 0.257 e. The lowest BCUT2D eigenvalue weighted by molar-refractivity contribution is 0.102. The van der Waals surface area contributed by atoms with Crippen LogP contribution in [0.2, 0.25) is 5.02 Å². The molecule has 4 N–H and O–H groups in total. The Morgan fingerprint density at radius 1 is 1.35 bits per heavy atom. The SMILES string of the molecule is COc1ccc(NC(=O)c2cc(Cl)ccc2NN)cn1. The van der Waals surface area contributed by atoms with Crippen molar-refractivity contribution in [2.24, 2.45) is 5.84 Å². The molecule has 0 saturated heterocycles. The number of rotatable bonds is 4. The summed E-state index contributed by atoms with van der Waals surface area (Å²) in [5, 5.41) is 3.15. The number of amides is 1. The molecule has 0 aliphatic carbocycles. The zero-order valence-electron chi connectivity index (χ0n) is 10.7. The van der Waals surface area contributed by atoms with E-state index in [1.54, 1.807) is 24.3 Å². The Labute approximate surface area is 120 Å². The van der Waals surface area contributed by atoms with E-state index in [1.165, 1.54) is 19.4 Å². The van der Waals surface area contributed by atoms with Crippen molar-refractivity contribution in [1.29, 1.82) is 0 Å². The Morgan fingerprint density at radius 3 is 2.75 bits per heavy atom. The molecule has 1 heterocycles. The Bertz CT molecular complexity index is 616. The van der Waals surface area contributed by atoms with Crippen LogP contribution in [0.25, 0.3) is 0 Å². The number of nitrogens with zero attached hydrogens (tertiary/aromatic N) is 1. The fourth-order valence-electron chi connectivity index (χ4n) is 1.60. The summed E-state index contributed by atoms with van der Waals surface area (Å²) >= 11 is 5.88. The van der Waals surface area contributed by atoms with E-state index in [0.717, 1.165) is 0 Å². The van der Waals surface area contributed by atoms with Crippen LogP contribution in [0.4, 0.5) is 11.4 Å². The van der Waals surface area contributed by atoms with Gasteiger partial charge in [-0.05, 0) is 24.3 Å². The predicted molar refractivity (Wildman–Crippen MR) is 78.0 cm³/mol. The van der Waals surface area contributed by atoms with E-state index in [4.69, 9.17) is 22.2 Å². The predicted octanol–water partition coefficient (Wildman–Crippen LogP) is 2.28. The van der Waals surface area contributed by atoms with Crippen LogP contribution in [0.5, 0.6) is 5.88 Å². The molecule has 0 spiro atoms. The third kappa shape index (κ3) is 3.17. The first-order valence-corrected chi connectivity index (χ1v) is 6.09. The lowest BCUT2D eigenvalue weighted by atomic mass is 10.1. The average molecular weight is 293 g/mol. The molecule has 0 bridgehead atoms. The fourth-order valence-corrected chi connectivity index (χ4v) is 1.78. The molecule has 104 valence electrons. The van der Waals surface area contributed by atoms with Crippen molar-refractivity contribution >= 4 is 28.9 Å². The molecule has 0 atom stereocenters. The van der Waals surface area contributed by atoms with Gasteiger partial charge < -0.3 is 15.5 Å². The summed E-state index contributed by atoms with van der Waals surface area (Å²) in [6, 6.07) is 8.13. The van der Waals surface area contributed by atoms with Crippen LogP contribution in [0.15, 0.2) is 36.5 Å². The molecule has 0 unspecified atom stereocenters. The first-order valence-electron chi connectivity index (χ1n) is 5.71. The number of pyridine rings is 1. The second kappa shape index (κ2) is 6.23. The van der Waals surface area contributed by atoms with Crippen molar-refractivity contribution < 1.29 is 9.53 Å². The minimum atomic E-state index is -0.340. The van der Waals surface area contributed by atoms with Crippen molar-refractivity contribution in [2.75, 3.05) is 17.9 Å². The number of carbonyl (C=O) groups excluding carboxylic acids is 1. The molecule has 1 aromatic carbocycles. The normalized spacial score (nSPS) is 9.95. The second-order valence-electron chi connectivity index (χ2n) is 3.88. The molecule has 2 aromatic rings. The Morgan fingerprint density at radius 2 is 2.15 bits per heavy atom. The number of hydrazine groups is 1. The van der Waals surface area contributed by atoms with Crippen molar-refractivity contribution in [2.45, 2.75) is 0 Å². The molecule has 0 radical (unpaired) electrons. The first kappa shape index (κ1) is 14.1. The number of benzene rings is 1. The summed E-state index contributed by atoms with van der Waals surface area (Å²) in [6.07, 6.45) is 1.50. The molecule has 0 fully saturated rings. The number of aromatic nitrogens is 1. The van der Waals surface area contributed by atoms with Gasteiger partial charge in [0.25, 0.3) is 5.91 Å². The fraction of sp³-hybridized carbons (Fsp3) is 0.0769. The van der Waals surface area contributed by atoms with Crippen LogP contribution in [-0.2, 0) is 0 Å². The molecular weight excluding hydrogens is 280 g/mol. The van der Waals surface area contributed by atoms with E-state index < -0.39 is 0 Å². The molecule has 1 aromatic heterocycles. The lowest BCUT2D eigenvalue weighted by Crippen LogP contribution is -2.17. The number of halogens is 1. The highest BCUT2D eigenvalue weighted by molar-refractivity contribution is 6.31. The van der Waals surface area contributed by atoms with Gasteiger partial charge in [-0.1, -0.05) is 11.6 Å². The number of methoxy groups -OCH3 is 1. The lowest BCUT2D eigenvalue weighted by Gasteiger charge is -2.10. The van der Waals surface area contributed by atoms with Crippen LogP contribution < -0.4 is 21.3 Å².